The SMILES string of the molecule is COC(=O)c1nn(Cc2ccccc2)cc1[N+](=O)[O-]. The summed E-state index contributed by atoms with van der Waals surface area (Å²) in [6, 6.07) is 9.31. The number of aromatic nitrogens is 2. The van der Waals surface area contributed by atoms with Gasteiger partial charge in [0.2, 0.25) is 5.69 Å². The molecule has 98 valence electrons. The predicted octanol–water partition coefficient (Wildman–Crippen LogP) is 1.63. The third-order valence-electron chi connectivity index (χ3n) is 2.51. The van der Waals surface area contributed by atoms with E-state index >= 15 is 0 Å². The molecule has 0 atom stereocenters. The molecule has 0 bridgehead atoms. The molecular weight excluding hydrogens is 250 g/mol. The normalized spacial score (nSPS) is 10.2. The number of rotatable bonds is 4. The summed E-state index contributed by atoms with van der Waals surface area (Å²) in [5.74, 6) is -0.821. The van der Waals surface area contributed by atoms with Crippen LogP contribution in [0.25, 0.3) is 0 Å². The van der Waals surface area contributed by atoms with Gasteiger partial charge in [-0.3, -0.25) is 14.8 Å². The van der Waals surface area contributed by atoms with E-state index in [2.05, 4.69) is 9.84 Å². The van der Waals surface area contributed by atoms with E-state index in [1.165, 1.54) is 10.9 Å². The molecule has 19 heavy (non-hydrogen) atoms. The van der Waals surface area contributed by atoms with Crippen molar-refractivity contribution in [2.45, 2.75) is 6.54 Å². The van der Waals surface area contributed by atoms with Crippen molar-refractivity contribution in [2.24, 2.45) is 0 Å². The fourth-order valence-electron chi connectivity index (χ4n) is 1.64. The molecule has 0 unspecified atom stereocenters. The first-order valence-electron chi connectivity index (χ1n) is 5.46. The summed E-state index contributed by atoms with van der Waals surface area (Å²) in [4.78, 5) is 21.6. The zero-order valence-electron chi connectivity index (χ0n) is 10.1. The number of ether oxygens (including phenoxy) is 1. The second-order valence-electron chi connectivity index (χ2n) is 3.79. The summed E-state index contributed by atoms with van der Waals surface area (Å²) in [7, 11) is 1.16. The third-order valence-corrected chi connectivity index (χ3v) is 2.51. The summed E-state index contributed by atoms with van der Waals surface area (Å²) in [5, 5.41) is 14.8. The summed E-state index contributed by atoms with van der Waals surface area (Å²) < 4.78 is 5.82. The molecule has 0 N–H and O–H groups in total. The van der Waals surface area contributed by atoms with Crippen molar-refractivity contribution >= 4 is 11.7 Å². The van der Waals surface area contributed by atoms with Gasteiger partial charge in [0, 0.05) is 0 Å². The fraction of sp³-hybridized carbons (Fsp3) is 0.167. The Kier molecular flexibility index (Phi) is 3.56. The van der Waals surface area contributed by atoms with Crippen molar-refractivity contribution < 1.29 is 14.5 Å². The number of nitro groups is 1. The van der Waals surface area contributed by atoms with Gasteiger partial charge in [0.05, 0.1) is 18.6 Å². The van der Waals surface area contributed by atoms with Gasteiger partial charge in [-0.05, 0) is 5.56 Å². The van der Waals surface area contributed by atoms with Gasteiger partial charge >= 0.3 is 11.7 Å². The first-order chi connectivity index (χ1) is 9.11. The lowest BCUT2D eigenvalue weighted by molar-refractivity contribution is -0.385. The maximum Gasteiger partial charge on any atom is 0.365 e. The Morgan fingerprint density at radius 3 is 2.68 bits per heavy atom. The maximum atomic E-state index is 11.4. The fourth-order valence-corrected chi connectivity index (χ4v) is 1.64. The topological polar surface area (TPSA) is 87.3 Å². The molecule has 0 radical (unpaired) electrons. The van der Waals surface area contributed by atoms with Crippen molar-refractivity contribution in [3.63, 3.8) is 0 Å². The summed E-state index contributed by atoms with van der Waals surface area (Å²) in [6.45, 7) is 0.346. The number of nitrogens with zero attached hydrogens (tertiary/aromatic N) is 3. The van der Waals surface area contributed by atoms with Crippen LogP contribution in [0.15, 0.2) is 36.5 Å². The van der Waals surface area contributed by atoms with Crippen molar-refractivity contribution in [3.05, 3.63) is 57.9 Å². The van der Waals surface area contributed by atoms with Crippen LogP contribution in [0.5, 0.6) is 0 Å². The molecule has 1 aromatic heterocycles. The standard InChI is InChI=1S/C12H11N3O4/c1-19-12(16)11-10(15(17)18)8-14(13-11)7-9-5-3-2-4-6-9/h2-6,8H,7H2,1H3. The van der Waals surface area contributed by atoms with Gasteiger partial charge in [0.15, 0.2) is 0 Å². The average Bonchev–Trinajstić information content (AvgIpc) is 2.83. The minimum Gasteiger partial charge on any atom is -0.464 e. The molecule has 0 fully saturated rings. The molecule has 0 saturated carbocycles. The lowest BCUT2D eigenvalue weighted by Gasteiger charge is -2.00. The van der Waals surface area contributed by atoms with Gasteiger partial charge in [-0.25, -0.2) is 4.79 Å². The highest BCUT2D eigenvalue weighted by atomic mass is 16.6. The molecular formula is C12H11N3O4. The maximum absolute atomic E-state index is 11.4. The molecule has 1 heterocycles. The minimum atomic E-state index is -0.821. The molecule has 0 spiro atoms. The summed E-state index contributed by atoms with van der Waals surface area (Å²) in [5.41, 5.74) is 0.280. The molecule has 0 saturated heterocycles. The van der Waals surface area contributed by atoms with E-state index in [4.69, 9.17) is 0 Å². The quantitative estimate of drug-likeness (QED) is 0.474. The number of carbonyl (C=O) groups is 1. The number of benzene rings is 1. The van der Waals surface area contributed by atoms with Crippen LogP contribution in [0.1, 0.15) is 16.1 Å². The largest absolute Gasteiger partial charge is 0.464 e. The van der Waals surface area contributed by atoms with Crippen molar-refractivity contribution in [1.82, 2.24) is 9.78 Å². The number of carbonyl (C=O) groups excluding carboxylic acids is 1. The number of hydrogen-bond donors (Lipinski definition) is 0. The van der Waals surface area contributed by atoms with E-state index in [0.29, 0.717) is 6.54 Å². The second-order valence-corrected chi connectivity index (χ2v) is 3.79. The molecule has 0 amide bonds. The zero-order valence-corrected chi connectivity index (χ0v) is 10.1. The van der Waals surface area contributed by atoms with E-state index in [1.807, 2.05) is 30.3 Å². The molecule has 2 rings (SSSR count). The first kappa shape index (κ1) is 12.7. The van der Waals surface area contributed by atoms with Crippen LogP contribution in [0.4, 0.5) is 5.69 Å². The Morgan fingerprint density at radius 2 is 2.11 bits per heavy atom. The Hall–Kier alpha value is -2.70. The van der Waals surface area contributed by atoms with Gasteiger partial charge in [-0.1, -0.05) is 30.3 Å². The van der Waals surface area contributed by atoms with Crippen LogP contribution in [0.3, 0.4) is 0 Å². The van der Waals surface area contributed by atoms with Crippen LogP contribution in [0, 0.1) is 10.1 Å². The monoisotopic (exact) mass is 261 g/mol. The van der Waals surface area contributed by atoms with E-state index in [1.54, 1.807) is 0 Å². The molecule has 2 aromatic rings. The van der Waals surface area contributed by atoms with Crippen molar-refractivity contribution in [3.8, 4) is 0 Å². The van der Waals surface area contributed by atoms with Crippen LogP contribution in [-0.4, -0.2) is 27.8 Å². The van der Waals surface area contributed by atoms with Gasteiger partial charge < -0.3 is 4.74 Å². The van der Waals surface area contributed by atoms with Crippen LogP contribution in [0.2, 0.25) is 0 Å². The van der Waals surface area contributed by atoms with Crippen molar-refractivity contribution in [2.75, 3.05) is 7.11 Å². The van der Waals surface area contributed by atoms with E-state index in [9.17, 15) is 14.9 Å². The van der Waals surface area contributed by atoms with Gasteiger partial charge in [0.25, 0.3) is 0 Å². The second kappa shape index (κ2) is 5.30. The molecule has 7 nitrogen and oxygen atoms in total. The Bertz CT molecular complexity index is 607. The van der Waals surface area contributed by atoms with E-state index < -0.39 is 10.9 Å². The van der Waals surface area contributed by atoms with Gasteiger partial charge in [0.1, 0.15) is 6.20 Å². The number of hydrogen-bond acceptors (Lipinski definition) is 5. The lowest BCUT2D eigenvalue weighted by atomic mass is 10.2. The molecule has 0 aliphatic rings. The smallest absolute Gasteiger partial charge is 0.365 e. The predicted molar refractivity (Wildman–Crippen MR) is 65.8 cm³/mol. The van der Waals surface area contributed by atoms with Crippen LogP contribution < -0.4 is 0 Å². The van der Waals surface area contributed by atoms with Crippen LogP contribution in [-0.2, 0) is 11.3 Å². The highest BCUT2D eigenvalue weighted by Crippen LogP contribution is 2.18. The van der Waals surface area contributed by atoms with E-state index in [0.717, 1.165) is 12.7 Å². The number of methoxy groups -OCH3 is 1. The number of esters is 1. The highest BCUT2D eigenvalue weighted by molar-refractivity contribution is 5.91. The Balaban J connectivity index is 2.33. The Morgan fingerprint density at radius 1 is 1.42 bits per heavy atom. The molecule has 0 aliphatic heterocycles. The van der Waals surface area contributed by atoms with Crippen molar-refractivity contribution in [1.29, 1.82) is 0 Å². The summed E-state index contributed by atoms with van der Waals surface area (Å²) in [6.07, 6.45) is 1.22. The molecule has 7 heteroatoms. The lowest BCUT2D eigenvalue weighted by Crippen LogP contribution is -2.07. The van der Waals surface area contributed by atoms with E-state index in [-0.39, 0.29) is 11.4 Å². The van der Waals surface area contributed by atoms with Gasteiger partial charge in [-0.2, -0.15) is 5.10 Å². The molecule has 0 aliphatic carbocycles. The van der Waals surface area contributed by atoms with Gasteiger partial charge in [-0.15, -0.1) is 0 Å². The minimum absolute atomic E-state index is 0.288. The Labute approximate surface area is 108 Å². The third kappa shape index (κ3) is 2.76. The summed E-state index contributed by atoms with van der Waals surface area (Å²) >= 11 is 0. The van der Waals surface area contributed by atoms with Crippen LogP contribution >= 0.6 is 0 Å². The zero-order chi connectivity index (χ0) is 13.8. The average molecular weight is 261 g/mol. The first-order valence-corrected chi connectivity index (χ1v) is 5.46. The molecule has 1 aromatic carbocycles. The highest BCUT2D eigenvalue weighted by Gasteiger charge is 2.26.